The van der Waals surface area contributed by atoms with Crippen LogP contribution in [-0.4, -0.2) is 34.3 Å². The van der Waals surface area contributed by atoms with E-state index in [2.05, 4.69) is 26.3 Å². The molecule has 0 aromatic carbocycles. The zero-order valence-corrected chi connectivity index (χ0v) is 14.6. The summed E-state index contributed by atoms with van der Waals surface area (Å²) >= 11 is 1.84. The lowest BCUT2D eigenvalue weighted by molar-refractivity contribution is 0.145. The molecule has 0 radical (unpaired) electrons. The Morgan fingerprint density at radius 1 is 1.21 bits per heavy atom. The van der Waals surface area contributed by atoms with Crippen LogP contribution in [0.25, 0.3) is 0 Å². The third-order valence-electron chi connectivity index (χ3n) is 5.03. The topological polar surface area (TPSA) is 61.3 Å². The molecule has 2 aromatic heterocycles. The minimum atomic E-state index is -0.163. The summed E-state index contributed by atoms with van der Waals surface area (Å²) in [5, 5.41) is 14.5. The third-order valence-corrected chi connectivity index (χ3v) is 6.19. The molecular formula is C18H24N4OS. The summed E-state index contributed by atoms with van der Waals surface area (Å²) in [5.74, 6) is 1.70. The first-order valence-corrected chi connectivity index (χ1v) is 9.68. The molecule has 0 spiro atoms. The predicted octanol–water partition coefficient (Wildman–Crippen LogP) is 3.38. The van der Waals surface area contributed by atoms with Crippen molar-refractivity contribution in [3.8, 4) is 0 Å². The van der Waals surface area contributed by atoms with Crippen LogP contribution in [0.3, 0.4) is 0 Å². The Labute approximate surface area is 146 Å². The minimum absolute atomic E-state index is 0.163. The van der Waals surface area contributed by atoms with Gasteiger partial charge in [0.1, 0.15) is 0 Å². The van der Waals surface area contributed by atoms with Gasteiger partial charge in [-0.05, 0) is 37.8 Å². The van der Waals surface area contributed by atoms with Crippen LogP contribution >= 0.6 is 11.3 Å². The lowest BCUT2D eigenvalue weighted by atomic mass is 9.86. The molecule has 3 heterocycles. The molecule has 2 aliphatic rings. The summed E-state index contributed by atoms with van der Waals surface area (Å²) < 4.78 is 0. The lowest BCUT2D eigenvalue weighted by Crippen LogP contribution is -2.36. The number of hydrogen-bond donors (Lipinski definition) is 2. The van der Waals surface area contributed by atoms with Crippen molar-refractivity contribution in [1.29, 1.82) is 0 Å². The summed E-state index contributed by atoms with van der Waals surface area (Å²) in [4.78, 5) is 12.7. The van der Waals surface area contributed by atoms with Crippen molar-refractivity contribution in [2.24, 2.45) is 0 Å². The zero-order chi connectivity index (χ0) is 16.4. The summed E-state index contributed by atoms with van der Waals surface area (Å²) in [7, 11) is 0. The van der Waals surface area contributed by atoms with Gasteiger partial charge in [0.2, 0.25) is 0 Å². The molecule has 1 saturated carbocycles. The summed E-state index contributed by atoms with van der Waals surface area (Å²) in [5.41, 5.74) is 1.06. The van der Waals surface area contributed by atoms with Gasteiger partial charge in [-0.3, -0.25) is 0 Å². The Bertz CT molecular complexity index is 677. The van der Waals surface area contributed by atoms with Crippen molar-refractivity contribution in [2.75, 3.05) is 23.3 Å². The van der Waals surface area contributed by atoms with E-state index >= 15 is 0 Å². The molecule has 1 aliphatic heterocycles. The zero-order valence-electron chi connectivity index (χ0n) is 13.8. The van der Waals surface area contributed by atoms with Gasteiger partial charge in [0, 0.05) is 36.3 Å². The average Bonchev–Trinajstić information content (AvgIpc) is 3.01. The molecule has 0 atom stereocenters. The largest absolute Gasteiger partial charge is 0.393 e. The average molecular weight is 344 g/mol. The Kier molecular flexibility index (Phi) is 4.67. The van der Waals surface area contributed by atoms with Gasteiger partial charge in [0.05, 0.1) is 23.3 Å². The van der Waals surface area contributed by atoms with E-state index in [-0.39, 0.29) is 6.10 Å². The van der Waals surface area contributed by atoms with Crippen LogP contribution < -0.4 is 10.2 Å². The number of thiazole rings is 1. The Hall–Kier alpha value is -1.66. The van der Waals surface area contributed by atoms with Gasteiger partial charge in [-0.15, -0.1) is 11.3 Å². The number of aromatic nitrogens is 2. The van der Waals surface area contributed by atoms with Crippen molar-refractivity contribution < 1.29 is 5.11 Å². The third kappa shape index (κ3) is 3.39. The maximum absolute atomic E-state index is 9.70. The maximum Gasteiger partial charge on any atom is 0.151 e. The monoisotopic (exact) mass is 344 g/mol. The second kappa shape index (κ2) is 7.07. The standard InChI is InChI=1S/C18H24N4OS/c23-14-6-9-22(10-7-14)17-16(5-2-8-19-17)20-11-15-12-21-18(24-15)13-3-1-4-13/h2,5,8,12-14,20,23H,1,3-4,6-7,9-11H2. The Morgan fingerprint density at radius 3 is 2.79 bits per heavy atom. The number of piperidine rings is 1. The molecule has 4 rings (SSSR count). The predicted molar refractivity (Wildman–Crippen MR) is 97.7 cm³/mol. The van der Waals surface area contributed by atoms with E-state index in [4.69, 9.17) is 0 Å². The number of aliphatic hydroxyl groups is 1. The first-order valence-electron chi connectivity index (χ1n) is 8.86. The molecule has 2 aromatic rings. The van der Waals surface area contributed by atoms with E-state index in [1.54, 1.807) is 0 Å². The van der Waals surface area contributed by atoms with Gasteiger partial charge in [0.25, 0.3) is 0 Å². The molecule has 6 heteroatoms. The van der Waals surface area contributed by atoms with Crippen LogP contribution in [0.1, 0.15) is 47.9 Å². The Morgan fingerprint density at radius 2 is 2.04 bits per heavy atom. The van der Waals surface area contributed by atoms with Gasteiger partial charge in [-0.1, -0.05) is 6.42 Å². The van der Waals surface area contributed by atoms with Gasteiger partial charge in [0.15, 0.2) is 5.82 Å². The Balaban J connectivity index is 1.42. The van der Waals surface area contributed by atoms with Gasteiger partial charge < -0.3 is 15.3 Å². The lowest BCUT2D eigenvalue weighted by Gasteiger charge is -2.31. The van der Waals surface area contributed by atoms with E-state index in [1.165, 1.54) is 29.1 Å². The van der Waals surface area contributed by atoms with Crippen LogP contribution in [0.5, 0.6) is 0 Å². The van der Waals surface area contributed by atoms with E-state index in [0.29, 0.717) is 5.92 Å². The highest BCUT2D eigenvalue weighted by Gasteiger charge is 2.23. The quantitative estimate of drug-likeness (QED) is 0.871. The second-order valence-corrected chi connectivity index (χ2v) is 7.89. The molecule has 0 bridgehead atoms. The van der Waals surface area contributed by atoms with E-state index in [1.807, 2.05) is 29.8 Å². The number of pyridine rings is 1. The normalized spacial score (nSPS) is 19.3. The molecular weight excluding hydrogens is 320 g/mol. The van der Waals surface area contributed by atoms with Crippen LogP contribution in [-0.2, 0) is 6.54 Å². The molecule has 128 valence electrons. The highest BCUT2D eigenvalue weighted by Crippen LogP contribution is 2.38. The van der Waals surface area contributed by atoms with Gasteiger partial charge >= 0.3 is 0 Å². The van der Waals surface area contributed by atoms with Crippen LogP contribution in [0.4, 0.5) is 11.5 Å². The number of hydrogen-bond acceptors (Lipinski definition) is 6. The van der Waals surface area contributed by atoms with Gasteiger partial charge in [-0.25, -0.2) is 9.97 Å². The van der Waals surface area contributed by atoms with Crippen molar-refractivity contribution in [2.45, 2.75) is 50.7 Å². The van der Waals surface area contributed by atoms with Crippen LogP contribution in [0.2, 0.25) is 0 Å². The number of anilines is 2. The molecule has 2 fully saturated rings. The summed E-state index contributed by atoms with van der Waals surface area (Å²) in [6.07, 6.45) is 9.27. The van der Waals surface area contributed by atoms with Crippen molar-refractivity contribution in [3.63, 3.8) is 0 Å². The molecule has 0 amide bonds. The fourth-order valence-electron chi connectivity index (χ4n) is 3.30. The second-order valence-electron chi connectivity index (χ2n) is 6.74. The number of rotatable bonds is 5. The summed E-state index contributed by atoms with van der Waals surface area (Å²) in [6.45, 7) is 2.51. The fraction of sp³-hybridized carbons (Fsp3) is 0.556. The van der Waals surface area contributed by atoms with E-state index < -0.39 is 0 Å². The SMILES string of the molecule is OC1CCN(c2ncccc2NCc2cnc(C3CCC3)s2)CC1. The molecule has 1 aliphatic carbocycles. The van der Waals surface area contributed by atoms with Crippen molar-refractivity contribution in [3.05, 3.63) is 34.4 Å². The smallest absolute Gasteiger partial charge is 0.151 e. The highest BCUT2D eigenvalue weighted by atomic mass is 32.1. The van der Waals surface area contributed by atoms with E-state index in [9.17, 15) is 5.11 Å². The van der Waals surface area contributed by atoms with Crippen molar-refractivity contribution in [1.82, 2.24) is 9.97 Å². The van der Waals surface area contributed by atoms with Gasteiger partial charge in [-0.2, -0.15) is 0 Å². The summed E-state index contributed by atoms with van der Waals surface area (Å²) in [6, 6.07) is 4.05. The minimum Gasteiger partial charge on any atom is -0.393 e. The van der Waals surface area contributed by atoms with E-state index in [0.717, 1.165) is 44.0 Å². The molecule has 0 unspecified atom stereocenters. The van der Waals surface area contributed by atoms with Crippen LogP contribution in [0, 0.1) is 0 Å². The molecule has 1 saturated heterocycles. The molecule has 5 nitrogen and oxygen atoms in total. The molecule has 24 heavy (non-hydrogen) atoms. The molecule has 2 N–H and O–H groups in total. The highest BCUT2D eigenvalue weighted by molar-refractivity contribution is 7.11. The van der Waals surface area contributed by atoms with Crippen molar-refractivity contribution >= 4 is 22.8 Å². The first kappa shape index (κ1) is 15.8. The number of nitrogens with one attached hydrogen (secondary N) is 1. The maximum atomic E-state index is 9.70. The number of nitrogens with zero attached hydrogens (tertiary/aromatic N) is 3. The van der Waals surface area contributed by atoms with Crippen LogP contribution in [0.15, 0.2) is 24.5 Å². The number of aliphatic hydroxyl groups excluding tert-OH is 1. The first-order chi connectivity index (χ1) is 11.8. The fourth-order valence-corrected chi connectivity index (χ4v) is 4.32.